The molecule has 0 aliphatic carbocycles. The molecule has 1 amide bonds. The second-order valence-corrected chi connectivity index (χ2v) is 6.64. The van der Waals surface area contributed by atoms with Crippen molar-refractivity contribution >= 4 is 39.1 Å². The van der Waals surface area contributed by atoms with Gasteiger partial charge in [0, 0.05) is 44.0 Å². The summed E-state index contributed by atoms with van der Waals surface area (Å²) in [5, 5.41) is 6.57. The molecule has 0 spiro atoms. The summed E-state index contributed by atoms with van der Waals surface area (Å²) in [5.74, 6) is 0.925. The number of para-hydroxylation sites is 1. The van der Waals surface area contributed by atoms with E-state index >= 15 is 0 Å². The van der Waals surface area contributed by atoms with Crippen LogP contribution < -0.4 is 10.2 Å². The van der Waals surface area contributed by atoms with Gasteiger partial charge in [0.15, 0.2) is 5.13 Å². The first-order valence-electron chi connectivity index (χ1n) is 8.13. The molecule has 0 saturated carbocycles. The minimum atomic E-state index is -0.00931. The number of thiazole rings is 1. The van der Waals surface area contributed by atoms with Crippen LogP contribution in [0.25, 0.3) is 10.9 Å². The summed E-state index contributed by atoms with van der Waals surface area (Å²) in [4.78, 5) is 29.7. The lowest BCUT2D eigenvalue weighted by Crippen LogP contribution is -2.49. The number of piperazine rings is 1. The van der Waals surface area contributed by atoms with Gasteiger partial charge in [-0.15, -0.1) is 11.3 Å². The molecule has 1 fully saturated rings. The number of carbonyl (C=O) groups is 1. The van der Waals surface area contributed by atoms with Crippen LogP contribution in [0, 0.1) is 0 Å². The third-order valence-corrected chi connectivity index (χ3v) is 5.19. The van der Waals surface area contributed by atoms with Crippen LogP contribution in [0.4, 0.5) is 10.9 Å². The summed E-state index contributed by atoms with van der Waals surface area (Å²) in [6.07, 6.45) is 1.60. The normalized spacial score (nSPS) is 14.8. The van der Waals surface area contributed by atoms with Gasteiger partial charge < -0.3 is 15.1 Å². The maximum absolute atomic E-state index is 12.6. The Morgan fingerprint density at radius 1 is 1.16 bits per heavy atom. The molecule has 3 heterocycles. The van der Waals surface area contributed by atoms with Crippen molar-refractivity contribution in [1.82, 2.24) is 19.9 Å². The van der Waals surface area contributed by atoms with Crippen molar-refractivity contribution in [3.05, 3.63) is 41.7 Å². The number of carbonyl (C=O) groups excluding carboxylic acids is 1. The summed E-state index contributed by atoms with van der Waals surface area (Å²) in [5.41, 5.74) is 1.45. The van der Waals surface area contributed by atoms with Crippen LogP contribution in [-0.2, 0) is 0 Å². The van der Waals surface area contributed by atoms with Crippen LogP contribution in [0.5, 0.6) is 0 Å². The molecule has 4 rings (SSSR count). The Balaban J connectivity index is 1.48. The lowest BCUT2D eigenvalue weighted by Gasteiger charge is -2.35. The van der Waals surface area contributed by atoms with Gasteiger partial charge in [-0.05, 0) is 12.1 Å². The highest BCUT2D eigenvalue weighted by Gasteiger charge is 2.25. The molecule has 1 N–H and O–H groups in total. The molecule has 1 saturated heterocycles. The van der Waals surface area contributed by atoms with Gasteiger partial charge >= 0.3 is 0 Å². The average molecular weight is 354 g/mol. The number of rotatable bonds is 3. The zero-order valence-electron chi connectivity index (χ0n) is 13.8. The van der Waals surface area contributed by atoms with Gasteiger partial charge in [-0.3, -0.25) is 4.79 Å². The van der Waals surface area contributed by atoms with Crippen LogP contribution in [-0.4, -0.2) is 59.0 Å². The van der Waals surface area contributed by atoms with E-state index in [2.05, 4.69) is 25.2 Å². The van der Waals surface area contributed by atoms with Gasteiger partial charge in [0.1, 0.15) is 17.8 Å². The molecule has 0 bridgehead atoms. The Hall–Kier alpha value is -2.74. The minimum Gasteiger partial charge on any atom is -0.365 e. The highest BCUT2D eigenvalue weighted by atomic mass is 32.1. The lowest BCUT2D eigenvalue weighted by molar-refractivity contribution is 0.0741. The molecule has 0 radical (unpaired) electrons. The fourth-order valence-corrected chi connectivity index (χ4v) is 3.66. The third kappa shape index (κ3) is 3.00. The van der Waals surface area contributed by atoms with Gasteiger partial charge in [-0.2, -0.15) is 0 Å². The Morgan fingerprint density at radius 3 is 2.72 bits per heavy atom. The fraction of sp³-hybridized carbons (Fsp3) is 0.294. The monoisotopic (exact) mass is 354 g/mol. The number of benzene rings is 1. The Morgan fingerprint density at radius 2 is 1.96 bits per heavy atom. The van der Waals surface area contributed by atoms with E-state index < -0.39 is 0 Å². The van der Waals surface area contributed by atoms with Crippen LogP contribution in [0.3, 0.4) is 0 Å². The number of hydrogen-bond donors (Lipinski definition) is 1. The maximum atomic E-state index is 12.6. The topological polar surface area (TPSA) is 74.2 Å². The first-order chi connectivity index (χ1) is 12.3. The molecule has 1 aliphatic heterocycles. The lowest BCUT2D eigenvalue weighted by atomic mass is 10.2. The molecule has 1 aliphatic rings. The Bertz CT molecular complexity index is 898. The molecular weight excluding hydrogens is 336 g/mol. The highest BCUT2D eigenvalue weighted by molar-refractivity contribution is 7.13. The zero-order valence-corrected chi connectivity index (χ0v) is 14.7. The summed E-state index contributed by atoms with van der Waals surface area (Å²) < 4.78 is 0. The Kier molecular flexibility index (Phi) is 4.19. The van der Waals surface area contributed by atoms with E-state index in [1.807, 2.05) is 29.2 Å². The summed E-state index contributed by atoms with van der Waals surface area (Å²) >= 11 is 1.44. The van der Waals surface area contributed by atoms with Gasteiger partial charge in [0.05, 0.1) is 5.52 Å². The van der Waals surface area contributed by atoms with E-state index in [4.69, 9.17) is 0 Å². The van der Waals surface area contributed by atoms with E-state index in [1.165, 1.54) is 11.3 Å². The molecule has 1 aromatic carbocycles. The molecule has 7 nitrogen and oxygen atoms in total. The molecule has 8 heteroatoms. The van der Waals surface area contributed by atoms with Gasteiger partial charge in [-0.25, -0.2) is 15.0 Å². The van der Waals surface area contributed by atoms with Crippen molar-refractivity contribution in [3.63, 3.8) is 0 Å². The molecular formula is C17H18N6OS. The van der Waals surface area contributed by atoms with Crippen LogP contribution in [0.1, 0.15) is 10.5 Å². The van der Waals surface area contributed by atoms with Crippen LogP contribution >= 0.6 is 11.3 Å². The Labute approximate surface area is 149 Å². The molecule has 128 valence electrons. The summed E-state index contributed by atoms with van der Waals surface area (Å²) in [7, 11) is 1.80. The van der Waals surface area contributed by atoms with Crippen molar-refractivity contribution in [2.24, 2.45) is 0 Å². The van der Waals surface area contributed by atoms with Crippen molar-refractivity contribution in [3.8, 4) is 0 Å². The summed E-state index contributed by atoms with van der Waals surface area (Å²) in [6, 6.07) is 8.00. The smallest absolute Gasteiger partial charge is 0.273 e. The van der Waals surface area contributed by atoms with Crippen LogP contribution in [0.2, 0.25) is 0 Å². The molecule has 0 atom stereocenters. The first-order valence-corrected chi connectivity index (χ1v) is 9.01. The SMILES string of the molecule is CNc1nc(C(=O)N2CCN(c3ncnc4ccccc34)CC2)cs1. The van der Waals surface area contributed by atoms with Gasteiger partial charge in [0.25, 0.3) is 5.91 Å². The second kappa shape index (κ2) is 6.64. The van der Waals surface area contributed by atoms with E-state index in [-0.39, 0.29) is 5.91 Å². The first kappa shape index (κ1) is 15.8. The van der Waals surface area contributed by atoms with Gasteiger partial charge in [-0.1, -0.05) is 12.1 Å². The third-order valence-electron chi connectivity index (χ3n) is 4.33. The minimum absolute atomic E-state index is 0.00931. The molecule has 25 heavy (non-hydrogen) atoms. The van der Waals surface area contributed by atoms with Crippen LogP contribution in [0.15, 0.2) is 36.0 Å². The predicted octanol–water partition coefficient (Wildman–Crippen LogP) is 2.09. The number of anilines is 2. The molecule has 2 aromatic heterocycles. The van der Waals surface area contributed by atoms with E-state index in [1.54, 1.807) is 18.8 Å². The van der Waals surface area contributed by atoms with Crippen molar-refractivity contribution < 1.29 is 4.79 Å². The second-order valence-electron chi connectivity index (χ2n) is 5.78. The standard InChI is InChI=1S/C17H18N6OS/c1-18-17-21-14(10-25-17)16(24)23-8-6-22(7-9-23)15-12-4-2-3-5-13(12)19-11-20-15/h2-5,10-11H,6-9H2,1H3,(H,18,21). The summed E-state index contributed by atoms with van der Waals surface area (Å²) in [6.45, 7) is 2.80. The largest absolute Gasteiger partial charge is 0.365 e. The average Bonchev–Trinajstić information content (AvgIpc) is 3.16. The molecule has 3 aromatic rings. The number of hydrogen-bond acceptors (Lipinski definition) is 7. The van der Waals surface area contributed by atoms with E-state index in [0.29, 0.717) is 18.8 Å². The van der Waals surface area contributed by atoms with Crippen molar-refractivity contribution in [2.45, 2.75) is 0 Å². The number of nitrogens with one attached hydrogen (secondary N) is 1. The van der Waals surface area contributed by atoms with E-state index in [9.17, 15) is 4.79 Å². The zero-order chi connectivity index (χ0) is 17.2. The fourth-order valence-electron chi connectivity index (χ4n) is 3.01. The van der Waals surface area contributed by atoms with E-state index in [0.717, 1.165) is 34.9 Å². The van der Waals surface area contributed by atoms with Crippen molar-refractivity contribution in [2.75, 3.05) is 43.4 Å². The molecule has 0 unspecified atom stereocenters. The number of aromatic nitrogens is 3. The number of amides is 1. The predicted molar refractivity (Wildman–Crippen MR) is 99.3 cm³/mol. The van der Waals surface area contributed by atoms with Crippen molar-refractivity contribution in [1.29, 1.82) is 0 Å². The van der Waals surface area contributed by atoms with Gasteiger partial charge in [0.2, 0.25) is 0 Å². The highest BCUT2D eigenvalue weighted by Crippen LogP contribution is 2.24. The quantitative estimate of drug-likeness (QED) is 0.776. The number of nitrogens with zero attached hydrogens (tertiary/aromatic N) is 5. The maximum Gasteiger partial charge on any atom is 0.273 e. The number of fused-ring (bicyclic) bond motifs is 1.